The molecule has 138 valence electrons. The molecule has 2 nitrogen and oxygen atoms in total. The van der Waals surface area contributed by atoms with Crippen molar-refractivity contribution >= 4 is 29.2 Å². The number of halogens is 2. The lowest BCUT2D eigenvalue weighted by Gasteiger charge is -2.47. The Morgan fingerprint density at radius 3 is 2.73 bits per heavy atom. The van der Waals surface area contributed by atoms with Crippen molar-refractivity contribution in [2.24, 2.45) is 4.99 Å². The molecule has 0 spiro atoms. The van der Waals surface area contributed by atoms with Crippen molar-refractivity contribution in [2.75, 3.05) is 11.4 Å². The average molecular weight is 373 g/mol. The number of hydrogen-bond acceptors (Lipinski definition) is 2. The number of rotatable bonds is 4. The van der Waals surface area contributed by atoms with E-state index < -0.39 is 0 Å². The van der Waals surface area contributed by atoms with E-state index in [4.69, 9.17) is 11.6 Å². The Morgan fingerprint density at radius 2 is 2.04 bits per heavy atom. The highest BCUT2D eigenvalue weighted by Crippen LogP contribution is 2.44. The molecule has 2 aromatic rings. The summed E-state index contributed by atoms with van der Waals surface area (Å²) in [6, 6.07) is 11.0. The number of aliphatic imine (C=N–C) groups is 1. The summed E-state index contributed by atoms with van der Waals surface area (Å²) >= 11 is 6.14. The Hall–Kier alpha value is -1.87. The molecule has 0 amide bonds. The Morgan fingerprint density at radius 1 is 1.31 bits per heavy atom. The summed E-state index contributed by atoms with van der Waals surface area (Å²) in [5.74, 6) is 0.131. The van der Waals surface area contributed by atoms with Gasteiger partial charge in [0.25, 0.3) is 0 Å². The van der Waals surface area contributed by atoms with Crippen molar-refractivity contribution in [1.82, 2.24) is 0 Å². The van der Waals surface area contributed by atoms with E-state index >= 15 is 0 Å². The predicted molar refractivity (Wildman–Crippen MR) is 110 cm³/mol. The third-order valence-electron chi connectivity index (χ3n) is 5.15. The van der Waals surface area contributed by atoms with Crippen LogP contribution in [0.25, 0.3) is 0 Å². The molecular weight excluding hydrogens is 347 g/mol. The summed E-state index contributed by atoms with van der Waals surface area (Å²) in [4.78, 5) is 6.73. The first-order valence-electron chi connectivity index (χ1n) is 9.23. The van der Waals surface area contributed by atoms with E-state index in [1.165, 1.54) is 5.56 Å². The van der Waals surface area contributed by atoms with Crippen molar-refractivity contribution in [3.8, 4) is 0 Å². The number of fused-ring (bicyclic) bond motifs is 1. The Kier molecular flexibility index (Phi) is 5.38. The minimum atomic E-state index is -0.245. The topological polar surface area (TPSA) is 15.6 Å². The molecule has 1 aliphatic rings. The first kappa shape index (κ1) is 18.9. The number of para-hydroxylation sites is 1. The summed E-state index contributed by atoms with van der Waals surface area (Å²) in [6.45, 7) is 9.80. The summed E-state index contributed by atoms with van der Waals surface area (Å²) in [5.41, 5.74) is 3.39. The van der Waals surface area contributed by atoms with E-state index in [1.54, 1.807) is 18.3 Å². The third-order valence-corrected chi connectivity index (χ3v) is 5.47. The van der Waals surface area contributed by atoms with Gasteiger partial charge in [0.2, 0.25) is 0 Å². The van der Waals surface area contributed by atoms with Crippen LogP contribution in [0.5, 0.6) is 0 Å². The number of anilines is 1. The van der Waals surface area contributed by atoms with Gasteiger partial charge in [0.1, 0.15) is 5.82 Å². The smallest absolute Gasteiger partial charge is 0.134 e. The fourth-order valence-corrected chi connectivity index (χ4v) is 4.15. The molecule has 1 atom stereocenters. The van der Waals surface area contributed by atoms with E-state index in [1.807, 2.05) is 24.3 Å². The predicted octanol–water partition coefficient (Wildman–Crippen LogP) is 6.73. The fraction of sp³-hybridized carbons (Fsp3) is 0.409. The van der Waals surface area contributed by atoms with Gasteiger partial charge in [0, 0.05) is 29.5 Å². The third kappa shape index (κ3) is 3.64. The van der Waals surface area contributed by atoms with Crippen LogP contribution < -0.4 is 4.90 Å². The van der Waals surface area contributed by atoms with Crippen LogP contribution in [0.2, 0.25) is 5.02 Å². The molecule has 26 heavy (non-hydrogen) atoms. The quantitative estimate of drug-likeness (QED) is 0.543. The van der Waals surface area contributed by atoms with Gasteiger partial charge in [-0.2, -0.15) is 0 Å². The maximum absolute atomic E-state index is 14.8. The molecule has 3 rings (SSSR count). The second-order valence-corrected chi connectivity index (χ2v) is 8.12. The highest BCUT2D eigenvalue weighted by Gasteiger charge is 2.36. The molecule has 0 aromatic heterocycles. The van der Waals surface area contributed by atoms with Gasteiger partial charge in [0.15, 0.2) is 0 Å². The highest BCUT2D eigenvalue weighted by molar-refractivity contribution is 6.33. The van der Waals surface area contributed by atoms with Gasteiger partial charge in [-0.1, -0.05) is 37.6 Å². The van der Waals surface area contributed by atoms with Gasteiger partial charge in [-0.3, -0.25) is 4.99 Å². The van der Waals surface area contributed by atoms with E-state index in [-0.39, 0.29) is 11.4 Å². The van der Waals surface area contributed by atoms with Gasteiger partial charge in [-0.25, -0.2) is 4.39 Å². The number of benzene rings is 2. The van der Waals surface area contributed by atoms with Crippen LogP contribution in [0, 0.1) is 5.82 Å². The Bertz CT molecular complexity index is 829. The van der Waals surface area contributed by atoms with E-state index in [0.717, 1.165) is 25.1 Å². The summed E-state index contributed by atoms with van der Waals surface area (Å²) < 4.78 is 14.8. The molecular formula is C22H26ClFN2. The van der Waals surface area contributed by atoms with Gasteiger partial charge in [0.05, 0.1) is 10.7 Å². The van der Waals surface area contributed by atoms with Crippen LogP contribution in [0.1, 0.15) is 57.6 Å². The number of hydrogen-bond donors (Lipinski definition) is 0. The van der Waals surface area contributed by atoms with Gasteiger partial charge >= 0.3 is 0 Å². The van der Waals surface area contributed by atoms with Gasteiger partial charge in [-0.15, -0.1) is 0 Å². The zero-order valence-corrected chi connectivity index (χ0v) is 16.6. The normalized spacial score (nSPS) is 19.0. The van der Waals surface area contributed by atoms with Gasteiger partial charge < -0.3 is 4.90 Å². The van der Waals surface area contributed by atoms with Crippen LogP contribution in [0.3, 0.4) is 0 Å². The molecule has 0 saturated heterocycles. The summed E-state index contributed by atoms with van der Waals surface area (Å²) in [7, 11) is 0. The largest absolute Gasteiger partial charge is 0.366 e. The summed E-state index contributed by atoms with van der Waals surface area (Å²) in [5, 5.41) is 0.561. The zero-order valence-electron chi connectivity index (χ0n) is 15.9. The first-order chi connectivity index (χ1) is 12.3. The molecule has 2 aromatic carbocycles. The van der Waals surface area contributed by atoms with Crippen LogP contribution in [-0.2, 0) is 0 Å². The lowest BCUT2D eigenvalue weighted by molar-refractivity contribution is 0.375. The average Bonchev–Trinajstić information content (AvgIpc) is 2.58. The van der Waals surface area contributed by atoms with Crippen LogP contribution in [0.4, 0.5) is 15.8 Å². The molecule has 0 radical (unpaired) electrons. The second-order valence-electron chi connectivity index (χ2n) is 7.71. The molecule has 0 saturated carbocycles. The summed E-state index contributed by atoms with van der Waals surface area (Å²) in [6.07, 6.45) is 3.66. The molecule has 1 unspecified atom stereocenters. The van der Waals surface area contributed by atoms with Crippen LogP contribution in [0.15, 0.2) is 41.4 Å². The Balaban J connectivity index is 2.02. The monoisotopic (exact) mass is 372 g/mol. The minimum Gasteiger partial charge on any atom is -0.366 e. The first-order valence-corrected chi connectivity index (χ1v) is 9.61. The van der Waals surface area contributed by atoms with Crippen molar-refractivity contribution in [3.63, 3.8) is 0 Å². The zero-order chi connectivity index (χ0) is 18.9. The molecule has 0 bridgehead atoms. The molecule has 0 aliphatic carbocycles. The van der Waals surface area contributed by atoms with Crippen molar-refractivity contribution in [3.05, 3.63) is 58.4 Å². The lowest BCUT2D eigenvalue weighted by atomic mass is 9.79. The molecule has 4 heteroatoms. The molecule has 0 N–H and O–H groups in total. The van der Waals surface area contributed by atoms with Crippen molar-refractivity contribution < 1.29 is 4.39 Å². The van der Waals surface area contributed by atoms with E-state index in [0.29, 0.717) is 22.2 Å². The second kappa shape index (κ2) is 7.40. The molecule has 1 aliphatic heterocycles. The molecule has 0 fully saturated rings. The minimum absolute atomic E-state index is 0.0298. The lowest BCUT2D eigenvalue weighted by Crippen LogP contribution is -2.48. The fourth-order valence-electron chi connectivity index (χ4n) is 3.96. The van der Waals surface area contributed by atoms with E-state index in [2.05, 4.69) is 37.6 Å². The Labute approximate surface area is 160 Å². The van der Waals surface area contributed by atoms with Crippen LogP contribution in [-0.4, -0.2) is 18.3 Å². The standard InChI is InChI=1S/C22H26ClFN2/c1-5-10-26-21-12-19(24)16(11-17(21)15(2)13-22(26,3)4)14-25-20-9-7-6-8-18(20)23/h6-9,11-12,14-15H,5,10,13H2,1-4H3. The molecule has 1 heterocycles. The maximum atomic E-state index is 14.8. The van der Waals surface area contributed by atoms with Gasteiger partial charge in [-0.05, 0) is 62.4 Å². The van der Waals surface area contributed by atoms with E-state index in [9.17, 15) is 4.39 Å². The van der Waals surface area contributed by atoms with Crippen molar-refractivity contribution in [1.29, 1.82) is 0 Å². The van der Waals surface area contributed by atoms with Crippen molar-refractivity contribution in [2.45, 2.75) is 52.0 Å². The number of nitrogens with zero attached hydrogens (tertiary/aromatic N) is 2. The maximum Gasteiger partial charge on any atom is 0.134 e. The van der Waals surface area contributed by atoms with Crippen LogP contribution >= 0.6 is 11.6 Å². The SMILES string of the molecule is CCCN1c2cc(F)c(C=Nc3ccccc3Cl)cc2C(C)CC1(C)C. The highest BCUT2D eigenvalue weighted by atomic mass is 35.5.